The monoisotopic (exact) mass is 361 g/mol. The van der Waals surface area contributed by atoms with Gasteiger partial charge in [0.05, 0.1) is 5.92 Å². The number of benzene rings is 1. The highest BCUT2D eigenvalue weighted by Gasteiger charge is 2.28. The summed E-state index contributed by atoms with van der Waals surface area (Å²) in [6, 6.07) is 7.27. The fraction of sp³-hybridized carbons (Fsp3) is 0.562. The van der Waals surface area contributed by atoms with Crippen molar-refractivity contribution >= 4 is 36.4 Å². The van der Waals surface area contributed by atoms with E-state index in [1.807, 2.05) is 17.0 Å². The van der Waals surface area contributed by atoms with Gasteiger partial charge in [-0.25, -0.2) is 0 Å². The van der Waals surface area contributed by atoms with E-state index < -0.39 is 0 Å². The van der Waals surface area contributed by atoms with Crippen molar-refractivity contribution in [1.82, 2.24) is 10.2 Å². The topological polar surface area (TPSA) is 55.8 Å². The van der Waals surface area contributed by atoms with Gasteiger partial charge in [-0.3, -0.25) is 4.79 Å². The summed E-state index contributed by atoms with van der Waals surface area (Å²) in [5.74, 6) is 0.767. The molecule has 1 atom stereocenters. The van der Waals surface area contributed by atoms with Gasteiger partial charge < -0.3 is 20.2 Å². The van der Waals surface area contributed by atoms with Crippen LogP contribution in [0.4, 0.5) is 5.69 Å². The van der Waals surface area contributed by atoms with Crippen molar-refractivity contribution in [3.05, 3.63) is 24.3 Å². The number of nitrogens with one attached hydrogen (secondary N) is 1. The molecule has 2 aliphatic heterocycles. The number of nitrogens with zero attached hydrogens (tertiary/aromatic N) is 2. The highest BCUT2D eigenvalue weighted by Crippen LogP contribution is 2.21. The zero-order valence-electron chi connectivity index (χ0n) is 13.1. The van der Waals surface area contributed by atoms with Gasteiger partial charge in [-0.2, -0.15) is 0 Å². The minimum atomic E-state index is 0. The number of anilines is 1. The Labute approximate surface area is 149 Å². The van der Waals surface area contributed by atoms with E-state index in [9.17, 15) is 9.90 Å². The first kappa shape index (κ1) is 19.9. The number of amides is 1. The molecule has 2 saturated heterocycles. The first-order valence-electron chi connectivity index (χ1n) is 7.77. The van der Waals surface area contributed by atoms with Crippen molar-refractivity contribution in [2.24, 2.45) is 5.92 Å². The molecule has 0 aromatic heterocycles. The number of aromatic hydroxyl groups is 1. The molecule has 2 fully saturated rings. The van der Waals surface area contributed by atoms with Gasteiger partial charge in [0, 0.05) is 38.4 Å². The van der Waals surface area contributed by atoms with Crippen LogP contribution in [-0.2, 0) is 4.79 Å². The van der Waals surface area contributed by atoms with Crippen molar-refractivity contribution in [2.45, 2.75) is 12.8 Å². The molecule has 0 spiro atoms. The van der Waals surface area contributed by atoms with Gasteiger partial charge in [0.15, 0.2) is 0 Å². The number of halogens is 2. The molecule has 3 rings (SSSR count). The van der Waals surface area contributed by atoms with E-state index >= 15 is 0 Å². The number of piperidine rings is 1. The zero-order chi connectivity index (χ0) is 14.7. The molecule has 23 heavy (non-hydrogen) atoms. The Kier molecular flexibility index (Phi) is 7.95. The summed E-state index contributed by atoms with van der Waals surface area (Å²) in [5, 5.41) is 12.6. The quantitative estimate of drug-likeness (QED) is 0.844. The Morgan fingerprint density at radius 2 is 1.74 bits per heavy atom. The van der Waals surface area contributed by atoms with E-state index in [1.54, 1.807) is 12.1 Å². The minimum Gasteiger partial charge on any atom is -0.508 e. The summed E-state index contributed by atoms with van der Waals surface area (Å²) >= 11 is 0. The lowest BCUT2D eigenvalue weighted by molar-refractivity contribution is -0.136. The number of carbonyl (C=O) groups excluding carboxylic acids is 1. The highest BCUT2D eigenvalue weighted by molar-refractivity contribution is 5.85. The number of hydrogen-bond donors (Lipinski definition) is 2. The molecule has 0 radical (unpaired) electrons. The smallest absolute Gasteiger partial charge is 0.227 e. The first-order valence-corrected chi connectivity index (χ1v) is 7.77. The molecule has 1 amide bonds. The molecule has 130 valence electrons. The summed E-state index contributed by atoms with van der Waals surface area (Å²) in [6.45, 7) is 5.16. The number of hydrogen-bond acceptors (Lipinski definition) is 4. The molecular weight excluding hydrogens is 337 g/mol. The molecule has 7 heteroatoms. The zero-order valence-corrected chi connectivity index (χ0v) is 14.7. The number of carbonyl (C=O) groups is 1. The van der Waals surface area contributed by atoms with Crippen LogP contribution in [0.1, 0.15) is 12.8 Å². The van der Waals surface area contributed by atoms with Crippen molar-refractivity contribution in [3.63, 3.8) is 0 Å². The molecular formula is C16H25Cl2N3O2. The van der Waals surface area contributed by atoms with Crippen LogP contribution >= 0.6 is 24.8 Å². The van der Waals surface area contributed by atoms with Crippen molar-refractivity contribution in [3.8, 4) is 5.75 Å². The van der Waals surface area contributed by atoms with Gasteiger partial charge in [-0.05, 0) is 43.7 Å². The second-order valence-corrected chi connectivity index (χ2v) is 5.87. The number of piperazine rings is 1. The maximum absolute atomic E-state index is 12.5. The van der Waals surface area contributed by atoms with Crippen LogP contribution in [0.25, 0.3) is 0 Å². The van der Waals surface area contributed by atoms with Gasteiger partial charge >= 0.3 is 0 Å². The third-order valence-electron chi connectivity index (χ3n) is 4.45. The molecule has 2 N–H and O–H groups in total. The Bertz CT molecular complexity index is 485. The lowest BCUT2D eigenvalue weighted by Crippen LogP contribution is -2.52. The van der Waals surface area contributed by atoms with E-state index in [-0.39, 0.29) is 36.5 Å². The van der Waals surface area contributed by atoms with Crippen molar-refractivity contribution < 1.29 is 9.90 Å². The van der Waals surface area contributed by atoms with Crippen LogP contribution in [0, 0.1) is 5.92 Å². The van der Waals surface area contributed by atoms with Crippen LogP contribution in [0.3, 0.4) is 0 Å². The Balaban J connectivity index is 0.00000132. The van der Waals surface area contributed by atoms with Crippen LogP contribution in [0.15, 0.2) is 24.3 Å². The van der Waals surface area contributed by atoms with Gasteiger partial charge in [-0.1, -0.05) is 0 Å². The molecule has 2 aliphatic rings. The standard InChI is InChI=1S/C16H23N3O2.2ClH/c20-15-5-3-14(4-6-15)18-8-10-19(11-9-18)16(21)13-2-1-7-17-12-13;;/h3-6,13,17,20H,1-2,7-12H2;2*1H/t13-;;/m1../s1. The Morgan fingerprint density at radius 1 is 1.09 bits per heavy atom. The molecule has 1 aromatic rings. The molecule has 0 aliphatic carbocycles. The van der Waals surface area contributed by atoms with Crippen LogP contribution in [-0.4, -0.2) is 55.2 Å². The van der Waals surface area contributed by atoms with Gasteiger partial charge in [0.1, 0.15) is 5.75 Å². The van der Waals surface area contributed by atoms with E-state index in [4.69, 9.17) is 0 Å². The van der Waals surface area contributed by atoms with Crippen LogP contribution < -0.4 is 10.2 Å². The molecule has 5 nitrogen and oxygen atoms in total. The highest BCUT2D eigenvalue weighted by atomic mass is 35.5. The maximum atomic E-state index is 12.5. The van der Waals surface area contributed by atoms with E-state index in [0.717, 1.165) is 57.8 Å². The molecule has 1 aromatic carbocycles. The predicted octanol–water partition coefficient (Wildman–Crippen LogP) is 1.88. The van der Waals surface area contributed by atoms with E-state index in [1.165, 1.54) is 0 Å². The van der Waals surface area contributed by atoms with Crippen molar-refractivity contribution in [1.29, 1.82) is 0 Å². The number of rotatable bonds is 2. The average molecular weight is 362 g/mol. The van der Waals surface area contributed by atoms with Crippen molar-refractivity contribution in [2.75, 3.05) is 44.2 Å². The van der Waals surface area contributed by atoms with E-state index in [2.05, 4.69) is 10.2 Å². The fourth-order valence-electron chi connectivity index (χ4n) is 3.17. The predicted molar refractivity (Wildman–Crippen MR) is 97.0 cm³/mol. The Hall–Kier alpha value is -1.17. The first-order chi connectivity index (χ1) is 10.2. The Morgan fingerprint density at radius 3 is 2.30 bits per heavy atom. The molecule has 0 bridgehead atoms. The molecule has 2 heterocycles. The van der Waals surface area contributed by atoms with Gasteiger partial charge in [-0.15, -0.1) is 24.8 Å². The second-order valence-electron chi connectivity index (χ2n) is 5.87. The average Bonchev–Trinajstić information content (AvgIpc) is 2.56. The minimum absolute atomic E-state index is 0. The normalized spacial score (nSPS) is 21.1. The lowest BCUT2D eigenvalue weighted by atomic mass is 9.98. The largest absolute Gasteiger partial charge is 0.508 e. The van der Waals surface area contributed by atoms with Crippen LogP contribution in [0.2, 0.25) is 0 Å². The third kappa shape index (κ3) is 4.90. The molecule has 0 unspecified atom stereocenters. The summed E-state index contributed by atoms with van der Waals surface area (Å²) < 4.78 is 0. The van der Waals surface area contributed by atoms with Crippen LogP contribution in [0.5, 0.6) is 5.75 Å². The van der Waals surface area contributed by atoms with Gasteiger partial charge in [0.2, 0.25) is 5.91 Å². The third-order valence-corrected chi connectivity index (χ3v) is 4.45. The summed E-state index contributed by atoms with van der Waals surface area (Å²) in [6.07, 6.45) is 2.12. The van der Waals surface area contributed by atoms with Gasteiger partial charge in [0.25, 0.3) is 0 Å². The maximum Gasteiger partial charge on any atom is 0.227 e. The van der Waals surface area contributed by atoms with E-state index in [0.29, 0.717) is 5.91 Å². The number of phenolic OH excluding ortho intramolecular Hbond substituents is 1. The number of phenols is 1. The summed E-state index contributed by atoms with van der Waals surface area (Å²) in [4.78, 5) is 16.8. The molecule has 0 saturated carbocycles. The summed E-state index contributed by atoms with van der Waals surface area (Å²) in [5.41, 5.74) is 1.11. The SMILES string of the molecule is Cl.Cl.O=C([C@@H]1CCCNC1)N1CCN(c2ccc(O)cc2)CC1. The summed E-state index contributed by atoms with van der Waals surface area (Å²) in [7, 11) is 0. The second kappa shape index (κ2) is 9.21. The lowest BCUT2D eigenvalue weighted by Gasteiger charge is -2.38. The fourth-order valence-corrected chi connectivity index (χ4v) is 3.17.